The number of aromatic nitrogens is 2. The zero-order valence-electron chi connectivity index (χ0n) is 37.9. The lowest BCUT2D eigenvalue weighted by molar-refractivity contribution is 1.18. The van der Waals surface area contributed by atoms with E-state index in [2.05, 4.69) is 234 Å². The van der Waals surface area contributed by atoms with E-state index in [1.54, 1.807) is 0 Å². The van der Waals surface area contributed by atoms with Gasteiger partial charge in [-0.05, 0) is 112 Å². The van der Waals surface area contributed by atoms with Gasteiger partial charge in [-0.15, -0.1) is 11.3 Å². The molecule has 0 N–H and O–H groups in total. The number of fused-ring (bicyclic) bond motifs is 12. The van der Waals surface area contributed by atoms with Crippen molar-refractivity contribution in [3.63, 3.8) is 0 Å². The van der Waals surface area contributed by atoms with Crippen LogP contribution < -0.4 is 0 Å². The second-order valence-electron chi connectivity index (χ2n) is 18.3. The minimum absolute atomic E-state index is 0.672. The molecule has 0 amide bonds. The maximum atomic E-state index is 5.62. The molecule has 3 aromatic heterocycles. The predicted molar refractivity (Wildman–Crippen MR) is 294 cm³/mol. The maximum Gasteiger partial charge on any atom is 0.131 e. The molecule has 0 bridgehead atoms. The van der Waals surface area contributed by atoms with Crippen LogP contribution in [0.3, 0.4) is 0 Å². The van der Waals surface area contributed by atoms with E-state index in [1.165, 1.54) is 103 Å². The molecule has 13 aromatic rings. The number of nitrogens with zero attached hydrogens (tertiary/aromatic N) is 3. The normalized spacial score (nSPS) is 12.5. The van der Waals surface area contributed by atoms with Crippen LogP contribution >= 0.6 is 11.3 Å². The van der Waals surface area contributed by atoms with Crippen LogP contribution in [-0.2, 0) is 6.42 Å². The zero-order chi connectivity index (χ0) is 45.7. The third-order valence-electron chi connectivity index (χ3n) is 14.5. The zero-order valence-corrected chi connectivity index (χ0v) is 38.8. The first-order chi connectivity index (χ1) is 34.1. The van der Waals surface area contributed by atoms with E-state index < -0.39 is 0 Å². The van der Waals surface area contributed by atoms with Crippen LogP contribution in [0.25, 0.3) is 109 Å². The van der Waals surface area contributed by atoms with Crippen LogP contribution in [0.1, 0.15) is 27.8 Å². The lowest BCUT2D eigenvalue weighted by atomic mass is 9.91. The summed E-state index contributed by atoms with van der Waals surface area (Å²) < 4.78 is 7.18. The van der Waals surface area contributed by atoms with E-state index in [0.717, 1.165) is 40.0 Å². The van der Waals surface area contributed by atoms with Crippen molar-refractivity contribution in [3.05, 3.63) is 253 Å². The summed E-state index contributed by atoms with van der Waals surface area (Å²) in [5, 5.41) is 7.40. The molecule has 3 heterocycles. The van der Waals surface area contributed by atoms with Gasteiger partial charge in [0.15, 0.2) is 0 Å². The van der Waals surface area contributed by atoms with Gasteiger partial charge in [0, 0.05) is 58.5 Å². The molecule has 324 valence electrons. The predicted octanol–water partition coefficient (Wildman–Crippen LogP) is 17.4. The van der Waals surface area contributed by atoms with E-state index in [9.17, 15) is 0 Å². The molecule has 0 fully saturated rings. The highest BCUT2D eigenvalue weighted by Gasteiger charge is 2.25. The Morgan fingerprint density at radius 1 is 0.478 bits per heavy atom. The number of para-hydroxylation sites is 3. The summed E-state index contributed by atoms with van der Waals surface area (Å²) >= 11 is 1.83. The molecule has 4 heteroatoms. The first kappa shape index (κ1) is 39.6. The molecule has 0 aliphatic heterocycles. The van der Waals surface area contributed by atoms with Crippen LogP contribution in [-0.4, -0.2) is 14.8 Å². The molecule has 14 rings (SSSR count). The van der Waals surface area contributed by atoms with Gasteiger partial charge in [-0.25, -0.2) is 4.99 Å². The SMILES string of the molecule is C=C(N=C(c1ccccc1C)c1cccc2c1sc1ccccc12)n1c2ccccc2c2ccc(-c3cccc4c3-c3cc(-c5cccc6c5c5ccccc5n6-c5ccccc5)ccc3C4)cc21. The average Bonchev–Trinajstić information content (AvgIpc) is 4.16. The fourth-order valence-corrected chi connectivity index (χ4v) is 12.6. The van der Waals surface area contributed by atoms with Gasteiger partial charge in [-0.2, -0.15) is 0 Å². The Morgan fingerprint density at radius 2 is 1.13 bits per heavy atom. The van der Waals surface area contributed by atoms with Crippen molar-refractivity contribution in [1.29, 1.82) is 0 Å². The van der Waals surface area contributed by atoms with Crippen molar-refractivity contribution in [1.82, 2.24) is 9.13 Å². The van der Waals surface area contributed by atoms with Crippen LogP contribution in [0.2, 0.25) is 0 Å². The first-order valence-electron chi connectivity index (χ1n) is 23.7. The Hall–Kier alpha value is -8.57. The highest BCUT2D eigenvalue weighted by atomic mass is 32.1. The molecule has 0 spiro atoms. The third kappa shape index (κ3) is 6.09. The average molecular weight is 898 g/mol. The number of hydrogen-bond donors (Lipinski definition) is 0. The molecule has 1 aliphatic rings. The topological polar surface area (TPSA) is 22.2 Å². The molecule has 10 aromatic carbocycles. The van der Waals surface area contributed by atoms with Gasteiger partial charge in [0.25, 0.3) is 0 Å². The van der Waals surface area contributed by atoms with Crippen LogP contribution in [0.5, 0.6) is 0 Å². The number of rotatable bonds is 7. The van der Waals surface area contributed by atoms with Crippen molar-refractivity contribution >= 4 is 86.7 Å². The first-order valence-corrected chi connectivity index (χ1v) is 24.5. The smallest absolute Gasteiger partial charge is 0.131 e. The molecule has 0 radical (unpaired) electrons. The van der Waals surface area contributed by atoms with Gasteiger partial charge in [0.1, 0.15) is 5.82 Å². The molecular formula is C65H43N3S. The van der Waals surface area contributed by atoms with E-state index in [4.69, 9.17) is 11.6 Å². The van der Waals surface area contributed by atoms with Crippen molar-refractivity contribution in [2.45, 2.75) is 13.3 Å². The van der Waals surface area contributed by atoms with Gasteiger partial charge >= 0.3 is 0 Å². The summed E-state index contributed by atoms with van der Waals surface area (Å²) in [6.07, 6.45) is 0.901. The number of thiophene rings is 1. The Bertz CT molecular complexity index is 4310. The molecule has 0 atom stereocenters. The van der Waals surface area contributed by atoms with Crippen molar-refractivity contribution in [3.8, 4) is 39.1 Å². The molecule has 0 saturated heterocycles. The Kier molecular flexibility index (Phi) is 8.89. The minimum Gasteiger partial charge on any atom is -0.309 e. The quantitative estimate of drug-likeness (QED) is 0.142. The number of aryl methyl sites for hydroxylation is 1. The summed E-state index contributed by atoms with van der Waals surface area (Å²) in [4.78, 5) is 5.62. The van der Waals surface area contributed by atoms with Gasteiger partial charge in [0.2, 0.25) is 0 Å². The Labute approximate surface area is 403 Å². The fraction of sp³-hybridized carbons (Fsp3) is 0.0308. The fourth-order valence-electron chi connectivity index (χ4n) is 11.4. The van der Waals surface area contributed by atoms with Gasteiger partial charge in [0.05, 0.1) is 27.8 Å². The van der Waals surface area contributed by atoms with E-state index in [0.29, 0.717) is 5.82 Å². The lowest BCUT2D eigenvalue weighted by Crippen LogP contribution is -2.08. The minimum atomic E-state index is 0.672. The molecule has 1 aliphatic carbocycles. The highest BCUT2D eigenvalue weighted by molar-refractivity contribution is 7.26. The maximum absolute atomic E-state index is 5.62. The monoisotopic (exact) mass is 897 g/mol. The summed E-state index contributed by atoms with van der Waals surface area (Å²) in [6, 6.07) is 79.9. The summed E-state index contributed by atoms with van der Waals surface area (Å²) in [5.41, 5.74) is 20.2. The van der Waals surface area contributed by atoms with Crippen LogP contribution in [0.4, 0.5) is 0 Å². The molecular weight excluding hydrogens is 855 g/mol. The second-order valence-corrected chi connectivity index (χ2v) is 19.4. The third-order valence-corrected chi connectivity index (χ3v) is 15.7. The number of hydrogen-bond acceptors (Lipinski definition) is 2. The van der Waals surface area contributed by atoms with Crippen LogP contribution in [0.15, 0.2) is 230 Å². The molecule has 0 unspecified atom stereocenters. The van der Waals surface area contributed by atoms with E-state index in [-0.39, 0.29) is 0 Å². The second kappa shape index (κ2) is 15.5. The summed E-state index contributed by atoms with van der Waals surface area (Å²) in [6.45, 7) is 6.98. The number of benzene rings is 10. The van der Waals surface area contributed by atoms with Crippen molar-refractivity contribution in [2.75, 3.05) is 0 Å². The van der Waals surface area contributed by atoms with E-state index in [1.807, 2.05) is 11.3 Å². The lowest BCUT2D eigenvalue weighted by Gasteiger charge is -2.15. The highest BCUT2D eigenvalue weighted by Crippen LogP contribution is 2.47. The Morgan fingerprint density at radius 3 is 2.01 bits per heavy atom. The number of aliphatic imine (C=N–C) groups is 1. The van der Waals surface area contributed by atoms with Crippen molar-refractivity contribution in [2.24, 2.45) is 4.99 Å². The molecule has 0 saturated carbocycles. The largest absolute Gasteiger partial charge is 0.309 e. The van der Waals surface area contributed by atoms with Crippen molar-refractivity contribution < 1.29 is 0 Å². The van der Waals surface area contributed by atoms with E-state index >= 15 is 0 Å². The summed E-state index contributed by atoms with van der Waals surface area (Å²) in [5.74, 6) is 0.672. The molecule has 69 heavy (non-hydrogen) atoms. The standard InChI is InChI=1S/C65H43N3S/c1-40-17-6-7-21-47(40)64(55-28-15-27-53-52-23-10-13-32-61(52)69-65(53)55)66-41(2)67-57-29-11-8-22-50(57)51-36-35-44(39-60(51)67)48-25-14-18-45-37-42-33-34-43(38-56(42)62(45)48)49-26-16-31-59-63(49)54-24-9-12-30-58(54)68(59)46-19-4-3-5-20-46/h3-36,38-39H,2,37H2,1H3. The van der Waals surface area contributed by atoms with Gasteiger partial charge < -0.3 is 4.57 Å². The molecule has 3 nitrogen and oxygen atoms in total. The summed E-state index contributed by atoms with van der Waals surface area (Å²) in [7, 11) is 0. The van der Waals surface area contributed by atoms with Gasteiger partial charge in [-0.3, -0.25) is 4.57 Å². The van der Waals surface area contributed by atoms with Crippen LogP contribution in [0, 0.1) is 6.92 Å². The Balaban J connectivity index is 0.931. The van der Waals surface area contributed by atoms with Gasteiger partial charge in [-0.1, -0.05) is 176 Å².